The minimum atomic E-state index is -4.51. The van der Waals surface area contributed by atoms with E-state index in [0.717, 1.165) is 83.3 Å². The summed E-state index contributed by atoms with van der Waals surface area (Å²) >= 11 is 1.55. The highest BCUT2D eigenvalue weighted by Crippen LogP contribution is 2.51. The molecular formula is C40H40F4N4O2S. The van der Waals surface area contributed by atoms with E-state index in [9.17, 15) is 27.2 Å². The Kier molecular flexibility index (Phi) is 10.1. The molecule has 2 amide bonds. The van der Waals surface area contributed by atoms with E-state index in [1.165, 1.54) is 12.1 Å². The van der Waals surface area contributed by atoms with Crippen molar-refractivity contribution in [3.8, 4) is 0 Å². The van der Waals surface area contributed by atoms with Gasteiger partial charge in [-0.3, -0.25) is 14.5 Å². The van der Waals surface area contributed by atoms with Crippen molar-refractivity contribution in [3.05, 3.63) is 125 Å². The van der Waals surface area contributed by atoms with Gasteiger partial charge in [-0.05, 0) is 84.5 Å². The number of unbranched alkanes of at least 4 members (excludes halogenated alkanes) is 1. The highest BCUT2D eigenvalue weighted by molar-refractivity contribution is 7.99. The molecule has 266 valence electrons. The van der Waals surface area contributed by atoms with Gasteiger partial charge in [-0.25, -0.2) is 4.39 Å². The third kappa shape index (κ3) is 7.51. The molecular weight excluding hydrogens is 677 g/mol. The zero-order chi connectivity index (χ0) is 35.6. The lowest BCUT2D eigenvalue weighted by Crippen LogP contribution is -2.49. The second kappa shape index (κ2) is 14.7. The number of benzene rings is 4. The lowest BCUT2D eigenvalue weighted by atomic mass is 9.69. The number of piperazine rings is 1. The highest BCUT2D eigenvalue weighted by atomic mass is 32.2. The molecule has 4 aromatic rings. The first-order chi connectivity index (χ1) is 24.6. The molecule has 0 saturated carbocycles. The summed E-state index contributed by atoms with van der Waals surface area (Å²) in [7, 11) is 0. The van der Waals surface area contributed by atoms with Crippen LogP contribution in [0.2, 0.25) is 0 Å². The van der Waals surface area contributed by atoms with E-state index < -0.39 is 24.0 Å². The number of rotatable bonds is 10. The molecule has 0 radical (unpaired) electrons. The third-order valence-electron chi connectivity index (χ3n) is 10.3. The first-order valence-corrected chi connectivity index (χ1v) is 18.3. The van der Waals surface area contributed by atoms with E-state index in [-0.39, 0.29) is 11.7 Å². The number of nitrogens with one attached hydrogen (secondary N) is 1. The van der Waals surface area contributed by atoms with Crippen molar-refractivity contribution in [2.45, 2.75) is 53.6 Å². The second-order valence-corrected chi connectivity index (χ2v) is 14.6. The molecule has 3 aliphatic heterocycles. The van der Waals surface area contributed by atoms with Crippen LogP contribution in [0.4, 0.5) is 23.2 Å². The monoisotopic (exact) mass is 716 g/mol. The molecule has 0 aliphatic carbocycles. The fraction of sp³-hybridized carbons (Fsp3) is 0.350. The van der Waals surface area contributed by atoms with Crippen LogP contribution in [-0.2, 0) is 23.2 Å². The fourth-order valence-corrected chi connectivity index (χ4v) is 8.94. The van der Waals surface area contributed by atoms with Gasteiger partial charge in [-0.1, -0.05) is 72.8 Å². The Balaban J connectivity index is 0.981. The molecule has 11 heteroatoms. The van der Waals surface area contributed by atoms with Crippen LogP contribution in [0.5, 0.6) is 0 Å². The topological polar surface area (TPSA) is 55.9 Å². The lowest BCUT2D eigenvalue weighted by Gasteiger charge is -2.40. The minimum Gasteiger partial charge on any atom is -0.369 e. The maximum absolute atomic E-state index is 13.9. The smallest absolute Gasteiger partial charge is 0.369 e. The molecule has 0 unspecified atom stereocenters. The zero-order valence-electron chi connectivity index (χ0n) is 28.2. The van der Waals surface area contributed by atoms with Gasteiger partial charge in [0, 0.05) is 60.3 Å². The van der Waals surface area contributed by atoms with Crippen LogP contribution in [0.15, 0.2) is 101 Å². The first kappa shape index (κ1) is 35.1. The van der Waals surface area contributed by atoms with E-state index in [1.807, 2.05) is 60.7 Å². The Morgan fingerprint density at radius 1 is 0.824 bits per heavy atom. The van der Waals surface area contributed by atoms with Gasteiger partial charge in [-0.15, -0.1) is 0 Å². The number of fused-ring (bicyclic) bond motifs is 3. The standard InChI is InChI=1S/C40H40F4N4O2S/c41-30-9-7-8-28(24-30)26-48-19-16-29-14-15-31(25-32(29)37(48)49)47-22-20-46(21-23-47)18-6-5-17-39(38(50)45-27-40(42,43)44)33-10-1-3-12-35(33)51-36-13-4-2-11-34(36)39/h1-4,7-15,24-25H,5-6,16-23,26-27H2,(H,45,50). The van der Waals surface area contributed by atoms with Gasteiger partial charge in [-0.2, -0.15) is 13.2 Å². The number of anilines is 1. The molecule has 4 aromatic carbocycles. The van der Waals surface area contributed by atoms with Crippen LogP contribution in [-0.4, -0.2) is 73.6 Å². The van der Waals surface area contributed by atoms with E-state index in [1.54, 1.807) is 22.7 Å². The summed E-state index contributed by atoms with van der Waals surface area (Å²) in [6.07, 6.45) is -1.91. The van der Waals surface area contributed by atoms with Gasteiger partial charge in [0.2, 0.25) is 5.91 Å². The summed E-state index contributed by atoms with van der Waals surface area (Å²) in [5.41, 5.74) is 3.80. The molecule has 0 spiro atoms. The second-order valence-electron chi connectivity index (χ2n) is 13.5. The van der Waals surface area contributed by atoms with E-state index in [2.05, 4.69) is 27.2 Å². The fourth-order valence-electron chi connectivity index (χ4n) is 7.71. The first-order valence-electron chi connectivity index (χ1n) is 17.5. The number of carbonyl (C=O) groups is 2. The number of hydrogen-bond donors (Lipinski definition) is 1. The molecule has 51 heavy (non-hydrogen) atoms. The molecule has 7 rings (SSSR count). The van der Waals surface area contributed by atoms with Crippen LogP contribution in [0.3, 0.4) is 0 Å². The number of amides is 2. The molecule has 1 saturated heterocycles. The van der Waals surface area contributed by atoms with Gasteiger partial charge in [0.25, 0.3) is 5.91 Å². The summed E-state index contributed by atoms with van der Waals surface area (Å²) in [5.74, 6) is -0.961. The number of nitrogens with zero attached hydrogens (tertiary/aromatic N) is 3. The van der Waals surface area contributed by atoms with Crippen molar-refractivity contribution in [1.82, 2.24) is 15.1 Å². The Hall–Kier alpha value is -4.35. The van der Waals surface area contributed by atoms with Crippen molar-refractivity contribution >= 4 is 29.3 Å². The van der Waals surface area contributed by atoms with Gasteiger partial charge in [0.15, 0.2) is 0 Å². The molecule has 0 atom stereocenters. The summed E-state index contributed by atoms with van der Waals surface area (Å²) in [5, 5.41) is 2.24. The average Bonchev–Trinajstić information content (AvgIpc) is 3.13. The number of halogens is 4. The van der Waals surface area contributed by atoms with Gasteiger partial charge in [0.05, 0.1) is 0 Å². The van der Waals surface area contributed by atoms with Crippen LogP contribution < -0.4 is 10.2 Å². The summed E-state index contributed by atoms with van der Waals surface area (Å²) in [4.78, 5) is 35.6. The van der Waals surface area contributed by atoms with E-state index in [0.29, 0.717) is 31.5 Å². The van der Waals surface area contributed by atoms with Crippen molar-refractivity contribution in [2.24, 2.45) is 0 Å². The Morgan fingerprint density at radius 3 is 2.22 bits per heavy atom. The van der Waals surface area contributed by atoms with Crippen LogP contribution >= 0.6 is 11.8 Å². The van der Waals surface area contributed by atoms with Crippen molar-refractivity contribution in [1.29, 1.82) is 0 Å². The zero-order valence-corrected chi connectivity index (χ0v) is 29.0. The van der Waals surface area contributed by atoms with Crippen LogP contribution in [0.25, 0.3) is 0 Å². The number of alkyl halides is 3. The Morgan fingerprint density at radius 2 is 1.53 bits per heavy atom. The summed E-state index contributed by atoms with van der Waals surface area (Å²) in [6, 6.07) is 27.6. The predicted molar refractivity (Wildman–Crippen MR) is 191 cm³/mol. The number of hydrogen-bond acceptors (Lipinski definition) is 5. The molecule has 3 aliphatic rings. The normalized spacial score (nSPS) is 17.1. The largest absolute Gasteiger partial charge is 0.405 e. The number of carbonyl (C=O) groups excluding carboxylic acids is 2. The quantitative estimate of drug-likeness (QED) is 0.137. The highest BCUT2D eigenvalue weighted by Gasteiger charge is 2.47. The minimum absolute atomic E-state index is 0.0346. The van der Waals surface area contributed by atoms with E-state index in [4.69, 9.17) is 0 Å². The maximum atomic E-state index is 13.9. The lowest BCUT2D eigenvalue weighted by molar-refractivity contribution is -0.141. The average molecular weight is 717 g/mol. The molecule has 1 fully saturated rings. The molecule has 6 nitrogen and oxygen atoms in total. The predicted octanol–water partition coefficient (Wildman–Crippen LogP) is 7.45. The third-order valence-corrected chi connectivity index (χ3v) is 11.4. The Labute approximate surface area is 299 Å². The van der Waals surface area contributed by atoms with E-state index >= 15 is 0 Å². The van der Waals surface area contributed by atoms with Gasteiger partial charge >= 0.3 is 6.18 Å². The van der Waals surface area contributed by atoms with Gasteiger partial charge < -0.3 is 15.1 Å². The summed E-state index contributed by atoms with van der Waals surface area (Å²) in [6.45, 7) is 3.65. The van der Waals surface area contributed by atoms with Crippen molar-refractivity contribution in [2.75, 3.05) is 50.7 Å². The van der Waals surface area contributed by atoms with Crippen LogP contribution in [0.1, 0.15) is 51.9 Å². The molecule has 0 bridgehead atoms. The van der Waals surface area contributed by atoms with Crippen molar-refractivity contribution < 1.29 is 27.2 Å². The summed E-state index contributed by atoms with van der Waals surface area (Å²) < 4.78 is 53.6. The SMILES string of the molecule is O=C1c2cc(N3CCN(CCCCC4(C(=O)NCC(F)(F)F)c5ccccc5Sc5ccccc54)CC3)ccc2CCN1Cc1cccc(F)c1. The van der Waals surface area contributed by atoms with Crippen LogP contribution in [0, 0.1) is 5.82 Å². The molecule has 1 N–H and O–H groups in total. The maximum Gasteiger partial charge on any atom is 0.405 e. The molecule has 3 heterocycles. The van der Waals surface area contributed by atoms with Crippen molar-refractivity contribution in [3.63, 3.8) is 0 Å². The van der Waals surface area contributed by atoms with Gasteiger partial charge in [0.1, 0.15) is 17.8 Å². The Bertz CT molecular complexity index is 1860. The molecule has 0 aromatic heterocycles.